The molecular weight excluding hydrogens is 284 g/mol. The molecule has 0 saturated heterocycles. The monoisotopic (exact) mass is 302 g/mol. The number of amides is 1. The van der Waals surface area contributed by atoms with Gasteiger partial charge in [-0.25, -0.2) is 4.98 Å². The van der Waals surface area contributed by atoms with Crippen molar-refractivity contribution in [3.05, 3.63) is 46.4 Å². The van der Waals surface area contributed by atoms with Gasteiger partial charge in [0.05, 0.1) is 7.11 Å². The standard InChI is InChI=1S/C15H18N4O3/c1-3-10-8-14(21)19(15(16)18-10)9-13(20)17-11-4-6-12(22-2)7-5-11/h4-8H,3,9H2,1-2H3,(H2,16,18)(H,17,20). The Morgan fingerprint density at radius 3 is 2.59 bits per heavy atom. The average molecular weight is 302 g/mol. The van der Waals surface area contributed by atoms with Gasteiger partial charge in [0, 0.05) is 17.4 Å². The minimum Gasteiger partial charge on any atom is -0.497 e. The van der Waals surface area contributed by atoms with Gasteiger partial charge >= 0.3 is 0 Å². The van der Waals surface area contributed by atoms with Crippen molar-refractivity contribution in [2.45, 2.75) is 19.9 Å². The minimum atomic E-state index is -0.356. The van der Waals surface area contributed by atoms with Crippen LogP contribution in [0.15, 0.2) is 35.1 Å². The molecule has 0 aliphatic rings. The summed E-state index contributed by atoms with van der Waals surface area (Å²) in [5, 5.41) is 2.69. The van der Waals surface area contributed by atoms with Crippen molar-refractivity contribution < 1.29 is 9.53 Å². The highest BCUT2D eigenvalue weighted by Gasteiger charge is 2.10. The number of nitrogens with zero attached hydrogens (tertiary/aromatic N) is 2. The number of carbonyl (C=O) groups is 1. The number of anilines is 2. The van der Waals surface area contributed by atoms with Crippen LogP contribution in [0.25, 0.3) is 0 Å². The van der Waals surface area contributed by atoms with Crippen molar-refractivity contribution in [3.8, 4) is 5.75 Å². The van der Waals surface area contributed by atoms with Gasteiger partial charge in [0.25, 0.3) is 5.56 Å². The summed E-state index contributed by atoms with van der Waals surface area (Å²) >= 11 is 0. The first-order valence-corrected chi connectivity index (χ1v) is 6.83. The quantitative estimate of drug-likeness (QED) is 0.859. The van der Waals surface area contributed by atoms with E-state index >= 15 is 0 Å². The first-order chi connectivity index (χ1) is 10.5. The second-order valence-electron chi connectivity index (χ2n) is 4.66. The van der Waals surface area contributed by atoms with Crippen molar-refractivity contribution >= 4 is 17.5 Å². The predicted octanol–water partition coefficient (Wildman–Crippen LogP) is 1.04. The van der Waals surface area contributed by atoms with Crippen LogP contribution in [0, 0.1) is 0 Å². The number of nitrogens with two attached hydrogens (primary N) is 1. The topological polar surface area (TPSA) is 99.2 Å². The molecule has 1 aromatic carbocycles. The third-order valence-electron chi connectivity index (χ3n) is 3.13. The van der Waals surface area contributed by atoms with Crippen LogP contribution >= 0.6 is 0 Å². The van der Waals surface area contributed by atoms with Crippen LogP contribution in [-0.2, 0) is 17.8 Å². The molecule has 2 rings (SSSR count). The number of carbonyl (C=O) groups excluding carboxylic acids is 1. The number of hydrogen-bond acceptors (Lipinski definition) is 5. The Balaban J connectivity index is 2.10. The normalized spacial score (nSPS) is 10.3. The third-order valence-corrected chi connectivity index (χ3v) is 3.13. The van der Waals surface area contributed by atoms with Crippen molar-refractivity contribution in [2.75, 3.05) is 18.2 Å². The van der Waals surface area contributed by atoms with Gasteiger partial charge in [-0.05, 0) is 30.7 Å². The molecule has 2 aromatic rings. The van der Waals surface area contributed by atoms with Crippen LogP contribution in [0.4, 0.5) is 11.6 Å². The maximum atomic E-state index is 12.0. The van der Waals surface area contributed by atoms with Gasteiger partial charge in [-0.1, -0.05) is 6.92 Å². The Labute approximate surface area is 127 Å². The summed E-state index contributed by atoms with van der Waals surface area (Å²) in [5.74, 6) is 0.372. The lowest BCUT2D eigenvalue weighted by molar-refractivity contribution is -0.116. The minimum absolute atomic E-state index is 0.0363. The van der Waals surface area contributed by atoms with Gasteiger partial charge in [-0.15, -0.1) is 0 Å². The van der Waals surface area contributed by atoms with E-state index in [1.165, 1.54) is 6.07 Å². The summed E-state index contributed by atoms with van der Waals surface area (Å²) in [6, 6.07) is 8.26. The van der Waals surface area contributed by atoms with Crippen LogP contribution in [0.1, 0.15) is 12.6 Å². The molecule has 1 aromatic heterocycles. The van der Waals surface area contributed by atoms with E-state index in [2.05, 4.69) is 10.3 Å². The van der Waals surface area contributed by atoms with Crippen LogP contribution in [0.3, 0.4) is 0 Å². The van der Waals surface area contributed by atoms with Crippen molar-refractivity contribution in [1.82, 2.24) is 9.55 Å². The van der Waals surface area contributed by atoms with E-state index in [1.807, 2.05) is 6.92 Å². The van der Waals surface area contributed by atoms with E-state index in [-0.39, 0.29) is 24.0 Å². The molecule has 7 nitrogen and oxygen atoms in total. The summed E-state index contributed by atoms with van der Waals surface area (Å²) in [7, 11) is 1.57. The lowest BCUT2D eigenvalue weighted by atomic mass is 10.3. The molecule has 1 heterocycles. The van der Waals surface area contributed by atoms with Crippen molar-refractivity contribution in [1.29, 1.82) is 0 Å². The van der Waals surface area contributed by atoms with Gasteiger partial charge < -0.3 is 15.8 Å². The molecule has 0 unspecified atom stereocenters. The molecule has 1 amide bonds. The zero-order valence-electron chi connectivity index (χ0n) is 12.5. The molecule has 0 aliphatic carbocycles. The molecule has 0 fully saturated rings. The smallest absolute Gasteiger partial charge is 0.255 e. The Hall–Kier alpha value is -2.83. The maximum absolute atomic E-state index is 12.0. The van der Waals surface area contributed by atoms with Crippen LogP contribution in [0.2, 0.25) is 0 Å². The fourth-order valence-electron chi connectivity index (χ4n) is 1.93. The van der Waals surface area contributed by atoms with E-state index in [0.717, 1.165) is 4.57 Å². The molecule has 116 valence electrons. The van der Waals surface area contributed by atoms with Gasteiger partial charge in [0.2, 0.25) is 11.9 Å². The van der Waals surface area contributed by atoms with Gasteiger partial charge in [0.15, 0.2) is 0 Å². The molecule has 0 saturated carbocycles. The van der Waals surface area contributed by atoms with Crippen LogP contribution in [-0.4, -0.2) is 22.6 Å². The highest BCUT2D eigenvalue weighted by molar-refractivity contribution is 5.90. The number of aryl methyl sites for hydroxylation is 1. The summed E-state index contributed by atoms with van der Waals surface area (Å²) in [4.78, 5) is 28.0. The third kappa shape index (κ3) is 3.63. The zero-order valence-corrected chi connectivity index (χ0v) is 12.5. The van der Waals surface area contributed by atoms with Gasteiger partial charge in [0.1, 0.15) is 12.3 Å². The second kappa shape index (κ2) is 6.75. The Bertz CT molecular complexity index is 723. The van der Waals surface area contributed by atoms with Gasteiger partial charge in [-0.2, -0.15) is 0 Å². The molecule has 22 heavy (non-hydrogen) atoms. The number of ether oxygens (including phenoxy) is 1. The van der Waals surface area contributed by atoms with E-state index in [9.17, 15) is 9.59 Å². The van der Waals surface area contributed by atoms with Crippen molar-refractivity contribution in [3.63, 3.8) is 0 Å². The fourth-order valence-corrected chi connectivity index (χ4v) is 1.93. The number of aromatic nitrogens is 2. The fraction of sp³-hybridized carbons (Fsp3) is 0.267. The van der Waals surface area contributed by atoms with Gasteiger partial charge in [-0.3, -0.25) is 14.2 Å². The number of benzene rings is 1. The molecular formula is C15H18N4O3. The second-order valence-corrected chi connectivity index (χ2v) is 4.66. The van der Waals surface area contributed by atoms with Crippen molar-refractivity contribution in [2.24, 2.45) is 0 Å². The van der Waals surface area contributed by atoms with E-state index in [4.69, 9.17) is 10.5 Å². The number of hydrogen-bond donors (Lipinski definition) is 2. The van der Waals surface area contributed by atoms with E-state index in [0.29, 0.717) is 23.6 Å². The first kappa shape index (κ1) is 15.6. The molecule has 7 heteroatoms. The van der Waals surface area contributed by atoms with Crippen LogP contribution in [0.5, 0.6) is 5.75 Å². The average Bonchev–Trinajstić information content (AvgIpc) is 2.51. The van der Waals surface area contributed by atoms with E-state index < -0.39 is 0 Å². The summed E-state index contributed by atoms with van der Waals surface area (Å²) in [6.07, 6.45) is 0.609. The SMILES string of the molecule is CCc1cc(=O)n(CC(=O)Nc2ccc(OC)cc2)c(N)n1. The van der Waals surface area contributed by atoms with Crippen LogP contribution < -0.4 is 21.3 Å². The lowest BCUT2D eigenvalue weighted by Crippen LogP contribution is -2.30. The number of nitrogen functional groups attached to an aromatic ring is 1. The maximum Gasteiger partial charge on any atom is 0.255 e. The largest absolute Gasteiger partial charge is 0.497 e. The summed E-state index contributed by atoms with van der Waals surface area (Å²) in [6.45, 7) is 1.69. The number of rotatable bonds is 5. The summed E-state index contributed by atoms with van der Waals surface area (Å²) in [5.41, 5.74) is 6.61. The number of methoxy groups -OCH3 is 1. The summed E-state index contributed by atoms with van der Waals surface area (Å²) < 4.78 is 6.18. The highest BCUT2D eigenvalue weighted by Crippen LogP contribution is 2.15. The zero-order chi connectivity index (χ0) is 16.1. The molecule has 0 bridgehead atoms. The first-order valence-electron chi connectivity index (χ1n) is 6.83. The highest BCUT2D eigenvalue weighted by atomic mass is 16.5. The Kier molecular flexibility index (Phi) is 4.77. The Morgan fingerprint density at radius 2 is 2.05 bits per heavy atom. The molecule has 3 N–H and O–H groups in total. The lowest BCUT2D eigenvalue weighted by Gasteiger charge is -2.10. The Morgan fingerprint density at radius 1 is 1.36 bits per heavy atom. The predicted molar refractivity (Wildman–Crippen MR) is 83.9 cm³/mol. The molecule has 0 aliphatic heterocycles. The number of nitrogens with one attached hydrogen (secondary N) is 1. The van der Waals surface area contributed by atoms with E-state index in [1.54, 1.807) is 31.4 Å². The molecule has 0 spiro atoms. The molecule has 0 radical (unpaired) electrons. The molecule has 0 atom stereocenters.